The van der Waals surface area contributed by atoms with Crippen molar-refractivity contribution >= 4 is 21.9 Å². The van der Waals surface area contributed by atoms with Crippen LogP contribution in [0, 0.1) is 5.92 Å². The third-order valence-electron chi connectivity index (χ3n) is 3.16. The number of rotatable bonds is 2. The number of halogens is 1. The first-order chi connectivity index (χ1) is 6.68. The molecule has 0 bridgehead atoms. The lowest BCUT2D eigenvalue weighted by atomic mass is 9.78. The van der Waals surface area contributed by atoms with E-state index in [0.29, 0.717) is 0 Å². The van der Waals surface area contributed by atoms with E-state index in [1.54, 1.807) is 0 Å². The maximum Gasteiger partial charge on any atom is 0.308 e. The number of nitrogens with zero attached hydrogens (tertiary/aromatic N) is 1. The average molecular weight is 260 g/mol. The third-order valence-corrected chi connectivity index (χ3v) is 3.73. The van der Waals surface area contributed by atoms with Gasteiger partial charge in [0.15, 0.2) is 0 Å². The topological polar surface area (TPSA) is 40.5 Å². The Hall–Kier alpha value is -0.350. The normalized spacial score (nSPS) is 33.4. The molecular weight excluding hydrogens is 246 g/mol. The molecule has 4 heteroatoms. The fourth-order valence-corrected chi connectivity index (χ4v) is 2.77. The Morgan fingerprint density at radius 1 is 1.57 bits per heavy atom. The van der Waals surface area contributed by atoms with Gasteiger partial charge in [0, 0.05) is 23.6 Å². The van der Waals surface area contributed by atoms with E-state index in [2.05, 4.69) is 26.9 Å². The summed E-state index contributed by atoms with van der Waals surface area (Å²) in [5.41, 5.74) is 0. The first kappa shape index (κ1) is 10.2. The molecule has 0 radical (unpaired) electrons. The molecule has 14 heavy (non-hydrogen) atoms. The molecule has 1 aliphatic heterocycles. The molecule has 1 fully saturated rings. The van der Waals surface area contributed by atoms with Gasteiger partial charge in [-0.05, 0) is 19.3 Å². The van der Waals surface area contributed by atoms with Crippen molar-refractivity contribution in [1.29, 1.82) is 0 Å². The predicted octanol–water partition coefficient (Wildman–Crippen LogP) is 1.83. The Kier molecular flexibility index (Phi) is 2.93. The van der Waals surface area contributed by atoms with Crippen LogP contribution in [0.15, 0.2) is 10.6 Å². The fourth-order valence-electron chi connectivity index (χ4n) is 2.22. The van der Waals surface area contributed by atoms with Crippen LogP contribution in [0.25, 0.3) is 0 Å². The molecule has 0 aromatic carbocycles. The second-order valence-corrected chi connectivity index (χ2v) is 5.02. The molecule has 2 unspecified atom stereocenters. The fraction of sp³-hybridized carbons (Fsp3) is 0.700. The lowest BCUT2D eigenvalue weighted by Gasteiger charge is -2.43. The summed E-state index contributed by atoms with van der Waals surface area (Å²) in [5, 5.41) is 8.95. The number of hydrogen-bond donors (Lipinski definition) is 1. The summed E-state index contributed by atoms with van der Waals surface area (Å²) in [7, 11) is 0. The molecule has 1 N–H and O–H groups in total. The summed E-state index contributed by atoms with van der Waals surface area (Å²) in [5.74, 6) is -0.764. The van der Waals surface area contributed by atoms with Gasteiger partial charge in [0.1, 0.15) is 0 Å². The van der Waals surface area contributed by atoms with Gasteiger partial charge in [0.2, 0.25) is 0 Å². The van der Waals surface area contributed by atoms with Crippen LogP contribution in [0.1, 0.15) is 19.3 Å². The summed E-state index contributed by atoms with van der Waals surface area (Å²) < 4.78 is 1.19. The van der Waals surface area contributed by atoms with Crippen LogP contribution in [0.4, 0.5) is 0 Å². The third kappa shape index (κ3) is 1.86. The standard InChI is InChI=1S/C10H14BrNO2/c11-7-2-1-5-12(6-7)9-4-3-8(9)10(13)14/h2,8-9H,1,3-6H2,(H,13,14). The van der Waals surface area contributed by atoms with E-state index in [0.717, 1.165) is 32.4 Å². The highest BCUT2D eigenvalue weighted by Crippen LogP contribution is 2.34. The summed E-state index contributed by atoms with van der Waals surface area (Å²) in [6.45, 7) is 1.89. The van der Waals surface area contributed by atoms with Crippen molar-refractivity contribution in [1.82, 2.24) is 4.90 Å². The molecule has 1 heterocycles. The maximum atomic E-state index is 10.9. The molecule has 78 valence electrons. The highest BCUT2D eigenvalue weighted by molar-refractivity contribution is 9.11. The van der Waals surface area contributed by atoms with Crippen molar-refractivity contribution in [2.24, 2.45) is 5.92 Å². The second-order valence-electron chi connectivity index (χ2n) is 4.00. The van der Waals surface area contributed by atoms with Gasteiger partial charge in [0.25, 0.3) is 0 Å². The zero-order chi connectivity index (χ0) is 10.1. The summed E-state index contributed by atoms with van der Waals surface area (Å²) >= 11 is 3.48. The van der Waals surface area contributed by atoms with Crippen LogP contribution in [0.5, 0.6) is 0 Å². The molecule has 0 spiro atoms. The summed E-state index contributed by atoms with van der Waals surface area (Å²) in [6.07, 6.45) is 5.09. The predicted molar refractivity (Wildman–Crippen MR) is 57.3 cm³/mol. The largest absolute Gasteiger partial charge is 0.481 e. The molecule has 1 saturated carbocycles. The van der Waals surface area contributed by atoms with Crippen molar-refractivity contribution in [3.05, 3.63) is 10.6 Å². The number of carboxylic acid groups (broad SMARTS) is 1. The van der Waals surface area contributed by atoms with Crippen LogP contribution in [0.3, 0.4) is 0 Å². The first-order valence-electron chi connectivity index (χ1n) is 5.00. The van der Waals surface area contributed by atoms with Gasteiger partial charge in [-0.3, -0.25) is 9.69 Å². The van der Waals surface area contributed by atoms with Gasteiger partial charge < -0.3 is 5.11 Å². The van der Waals surface area contributed by atoms with E-state index in [1.807, 2.05) is 0 Å². The number of aliphatic carboxylic acids is 1. The second kappa shape index (κ2) is 4.03. The van der Waals surface area contributed by atoms with Crippen LogP contribution in [-0.2, 0) is 4.79 Å². The van der Waals surface area contributed by atoms with E-state index in [1.165, 1.54) is 4.48 Å². The minimum atomic E-state index is -0.632. The van der Waals surface area contributed by atoms with E-state index in [-0.39, 0.29) is 12.0 Å². The number of carbonyl (C=O) groups is 1. The van der Waals surface area contributed by atoms with Crippen LogP contribution >= 0.6 is 15.9 Å². The summed E-state index contributed by atoms with van der Waals surface area (Å²) in [6, 6.07) is 0.272. The highest BCUT2D eigenvalue weighted by atomic mass is 79.9. The van der Waals surface area contributed by atoms with Crippen LogP contribution < -0.4 is 0 Å². The highest BCUT2D eigenvalue weighted by Gasteiger charge is 2.40. The molecule has 2 rings (SSSR count). The van der Waals surface area contributed by atoms with Gasteiger partial charge in [-0.25, -0.2) is 0 Å². The van der Waals surface area contributed by atoms with Gasteiger partial charge in [0.05, 0.1) is 5.92 Å². The van der Waals surface area contributed by atoms with Crippen molar-refractivity contribution in [3.63, 3.8) is 0 Å². The molecule has 0 amide bonds. The van der Waals surface area contributed by atoms with Gasteiger partial charge >= 0.3 is 5.97 Å². The zero-order valence-electron chi connectivity index (χ0n) is 7.95. The maximum absolute atomic E-state index is 10.9. The average Bonchev–Trinajstić information content (AvgIpc) is 2.00. The van der Waals surface area contributed by atoms with Crippen molar-refractivity contribution in [2.45, 2.75) is 25.3 Å². The molecule has 0 saturated heterocycles. The van der Waals surface area contributed by atoms with Gasteiger partial charge in [-0.1, -0.05) is 22.0 Å². The SMILES string of the molecule is O=C(O)C1CCC1N1CCC=C(Br)C1. The Bertz CT molecular complexity index is 277. The Balaban J connectivity index is 1.96. The molecular formula is C10H14BrNO2. The quantitative estimate of drug-likeness (QED) is 0.823. The first-order valence-corrected chi connectivity index (χ1v) is 5.79. The summed E-state index contributed by atoms with van der Waals surface area (Å²) in [4.78, 5) is 13.1. The lowest BCUT2D eigenvalue weighted by Crippen LogP contribution is -2.51. The molecule has 1 aliphatic carbocycles. The van der Waals surface area contributed by atoms with Crippen molar-refractivity contribution in [2.75, 3.05) is 13.1 Å². The minimum Gasteiger partial charge on any atom is -0.481 e. The Labute approximate surface area is 91.9 Å². The van der Waals surface area contributed by atoms with E-state index in [9.17, 15) is 4.79 Å². The Morgan fingerprint density at radius 2 is 2.36 bits per heavy atom. The smallest absolute Gasteiger partial charge is 0.308 e. The molecule has 2 atom stereocenters. The lowest BCUT2D eigenvalue weighted by molar-refractivity contribution is -0.148. The van der Waals surface area contributed by atoms with E-state index in [4.69, 9.17) is 5.11 Å². The minimum absolute atomic E-state index is 0.131. The van der Waals surface area contributed by atoms with Crippen LogP contribution in [0.2, 0.25) is 0 Å². The van der Waals surface area contributed by atoms with Crippen molar-refractivity contribution in [3.8, 4) is 0 Å². The molecule has 2 aliphatic rings. The zero-order valence-corrected chi connectivity index (χ0v) is 9.53. The molecule has 0 aromatic rings. The monoisotopic (exact) mass is 259 g/mol. The molecule has 0 aromatic heterocycles. The van der Waals surface area contributed by atoms with Gasteiger partial charge in [-0.2, -0.15) is 0 Å². The van der Waals surface area contributed by atoms with E-state index >= 15 is 0 Å². The van der Waals surface area contributed by atoms with E-state index < -0.39 is 5.97 Å². The van der Waals surface area contributed by atoms with Gasteiger partial charge in [-0.15, -0.1) is 0 Å². The van der Waals surface area contributed by atoms with Crippen molar-refractivity contribution < 1.29 is 9.90 Å². The Morgan fingerprint density at radius 3 is 2.86 bits per heavy atom. The molecule has 3 nitrogen and oxygen atoms in total. The van der Waals surface area contributed by atoms with Crippen LogP contribution in [-0.4, -0.2) is 35.1 Å². The number of hydrogen-bond acceptors (Lipinski definition) is 2. The number of carboxylic acids is 1.